The van der Waals surface area contributed by atoms with Gasteiger partial charge < -0.3 is 5.32 Å². The second-order valence-electron chi connectivity index (χ2n) is 3.35. The van der Waals surface area contributed by atoms with E-state index in [0.717, 1.165) is 4.47 Å². The molecule has 0 aliphatic heterocycles. The van der Waals surface area contributed by atoms with E-state index in [1.807, 2.05) is 0 Å². The summed E-state index contributed by atoms with van der Waals surface area (Å²) in [5.41, 5.74) is 1.27. The molecule has 2 heterocycles. The number of anilines is 1. The summed E-state index contributed by atoms with van der Waals surface area (Å²) >= 11 is 3.22. The lowest BCUT2D eigenvalue weighted by atomic mass is 10.3. The summed E-state index contributed by atoms with van der Waals surface area (Å²) in [6.45, 7) is -1.09. The maximum absolute atomic E-state index is 12.1. The largest absolute Gasteiger partial charge is 0.405 e. The molecule has 0 radical (unpaired) electrons. The number of halogens is 4. The van der Waals surface area contributed by atoms with Crippen LogP contribution in [0.4, 0.5) is 18.9 Å². The zero-order valence-corrected chi connectivity index (χ0v) is 10.0. The Bertz CT molecular complexity index is 542. The number of nitrogens with one attached hydrogen (secondary N) is 1. The molecule has 0 atom stereocenters. The molecule has 0 aliphatic carbocycles. The van der Waals surface area contributed by atoms with Crippen LogP contribution in [0.5, 0.6) is 0 Å². The van der Waals surface area contributed by atoms with E-state index in [1.165, 1.54) is 18.5 Å². The summed E-state index contributed by atoms with van der Waals surface area (Å²) in [5.74, 6) is 0. The average molecular weight is 306 g/mol. The summed E-state index contributed by atoms with van der Waals surface area (Å²) in [5, 5.41) is 2.30. The molecule has 1 N–H and O–H groups in total. The lowest BCUT2D eigenvalue weighted by Crippen LogP contribution is -2.21. The van der Waals surface area contributed by atoms with Crippen molar-refractivity contribution in [3.8, 4) is 0 Å². The first-order chi connectivity index (χ1) is 7.96. The van der Waals surface area contributed by atoms with Crippen molar-refractivity contribution in [1.29, 1.82) is 0 Å². The summed E-state index contributed by atoms with van der Waals surface area (Å²) in [4.78, 5) is 8.08. The number of hydrogen-bond acceptors (Lipinski definition) is 3. The Morgan fingerprint density at radius 3 is 2.76 bits per heavy atom. The zero-order chi connectivity index (χ0) is 12.5. The molecule has 2 aromatic heterocycles. The Balaban J connectivity index is 2.34. The van der Waals surface area contributed by atoms with E-state index in [9.17, 15) is 13.2 Å². The third kappa shape index (κ3) is 3.06. The summed E-state index contributed by atoms with van der Waals surface area (Å²) < 4.78 is 37.0. The zero-order valence-electron chi connectivity index (χ0n) is 8.42. The van der Waals surface area contributed by atoms with E-state index in [0.29, 0.717) is 16.7 Å². The summed E-state index contributed by atoms with van der Waals surface area (Å²) in [6.07, 6.45) is -1.30. The highest BCUT2D eigenvalue weighted by Crippen LogP contribution is 2.23. The lowest BCUT2D eigenvalue weighted by molar-refractivity contribution is -0.115. The van der Waals surface area contributed by atoms with Crippen LogP contribution >= 0.6 is 15.9 Å². The Labute approximate surface area is 103 Å². The molecule has 90 valence electrons. The van der Waals surface area contributed by atoms with Crippen LogP contribution in [0.2, 0.25) is 0 Å². The standard InChI is InChI=1S/C10H7BrF3N3/c11-6-3-8-9(16-4-6)7(1-2-15-8)17-5-10(12,13)14/h1-4H,5H2,(H,15,17). The van der Waals surface area contributed by atoms with Crippen molar-refractivity contribution in [1.82, 2.24) is 9.97 Å². The van der Waals surface area contributed by atoms with Gasteiger partial charge in [-0.2, -0.15) is 13.2 Å². The fraction of sp³-hybridized carbons (Fsp3) is 0.200. The topological polar surface area (TPSA) is 37.8 Å². The monoisotopic (exact) mass is 305 g/mol. The van der Waals surface area contributed by atoms with Crippen molar-refractivity contribution >= 4 is 32.7 Å². The minimum absolute atomic E-state index is 0.319. The van der Waals surface area contributed by atoms with Gasteiger partial charge in [0.15, 0.2) is 0 Å². The van der Waals surface area contributed by atoms with Crippen LogP contribution in [-0.2, 0) is 0 Å². The van der Waals surface area contributed by atoms with E-state index in [1.54, 1.807) is 6.07 Å². The molecule has 7 heteroatoms. The molecule has 17 heavy (non-hydrogen) atoms. The number of aromatic nitrogens is 2. The van der Waals surface area contributed by atoms with E-state index in [4.69, 9.17) is 0 Å². The fourth-order valence-corrected chi connectivity index (χ4v) is 1.66. The van der Waals surface area contributed by atoms with Crippen LogP contribution < -0.4 is 5.32 Å². The van der Waals surface area contributed by atoms with E-state index < -0.39 is 12.7 Å². The molecule has 0 saturated carbocycles. The van der Waals surface area contributed by atoms with Crippen molar-refractivity contribution in [2.75, 3.05) is 11.9 Å². The van der Waals surface area contributed by atoms with Gasteiger partial charge in [0.1, 0.15) is 12.1 Å². The third-order valence-corrected chi connectivity index (χ3v) is 2.46. The van der Waals surface area contributed by atoms with Crippen LogP contribution in [-0.4, -0.2) is 22.7 Å². The van der Waals surface area contributed by atoms with Crippen molar-refractivity contribution in [3.63, 3.8) is 0 Å². The van der Waals surface area contributed by atoms with E-state index >= 15 is 0 Å². The number of fused-ring (bicyclic) bond motifs is 1. The molecule has 0 saturated heterocycles. The minimum Gasteiger partial charge on any atom is -0.375 e. The predicted octanol–water partition coefficient (Wildman–Crippen LogP) is 3.37. The van der Waals surface area contributed by atoms with Gasteiger partial charge in [0.2, 0.25) is 0 Å². The molecule has 0 aliphatic rings. The molecule has 0 spiro atoms. The van der Waals surface area contributed by atoms with Crippen molar-refractivity contribution in [3.05, 3.63) is 29.0 Å². The van der Waals surface area contributed by atoms with Crippen LogP contribution in [0, 0.1) is 0 Å². The lowest BCUT2D eigenvalue weighted by Gasteiger charge is -2.10. The van der Waals surface area contributed by atoms with Gasteiger partial charge >= 0.3 is 6.18 Å². The van der Waals surface area contributed by atoms with E-state index in [2.05, 4.69) is 31.2 Å². The van der Waals surface area contributed by atoms with E-state index in [-0.39, 0.29) is 0 Å². The van der Waals surface area contributed by atoms with Gasteiger partial charge in [0.05, 0.1) is 11.2 Å². The number of rotatable bonds is 2. The highest BCUT2D eigenvalue weighted by Gasteiger charge is 2.26. The minimum atomic E-state index is -4.26. The van der Waals surface area contributed by atoms with Crippen LogP contribution in [0.3, 0.4) is 0 Å². The first-order valence-electron chi connectivity index (χ1n) is 4.66. The van der Waals surface area contributed by atoms with Crippen LogP contribution in [0.1, 0.15) is 0 Å². The average Bonchev–Trinajstić information content (AvgIpc) is 2.24. The SMILES string of the molecule is FC(F)(F)CNc1ccnc2cc(Br)cnc12. The molecule has 0 fully saturated rings. The van der Waals surface area contributed by atoms with Gasteiger partial charge in [-0.25, -0.2) is 0 Å². The smallest absolute Gasteiger partial charge is 0.375 e. The Morgan fingerprint density at radius 2 is 2.06 bits per heavy atom. The molecule has 3 nitrogen and oxygen atoms in total. The number of nitrogens with zero attached hydrogens (tertiary/aromatic N) is 2. The molecule has 2 aromatic rings. The molecule has 0 amide bonds. The van der Waals surface area contributed by atoms with Crippen LogP contribution in [0.15, 0.2) is 29.0 Å². The summed E-state index contributed by atoms with van der Waals surface area (Å²) in [7, 11) is 0. The Morgan fingerprint density at radius 1 is 1.29 bits per heavy atom. The Kier molecular flexibility index (Phi) is 3.19. The van der Waals surface area contributed by atoms with Gasteiger partial charge in [-0.1, -0.05) is 0 Å². The maximum atomic E-state index is 12.1. The molecular formula is C10H7BrF3N3. The molecule has 0 bridgehead atoms. The van der Waals surface area contributed by atoms with Gasteiger partial charge in [-0.05, 0) is 28.1 Å². The maximum Gasteiger partial charge on any atom is 0.405 e. The second kappa shape index (κ2) is 4.48. The van der Waals surface area contributed by atoms with Crippen molar-refractivity contribution in [2.45, 2.75) is 6.18 Å². The highest BCUT2D eigenvalue weighted by atomic mass is 79.9. The normalized spacial score (nSPS) is 11.8. The molecule has 0 aromatic carbocycles. The van der Waals surface area contributed by atoms with Gasteiger partial charge in [0, 0.05) is 16.9 Å². The summed E-state index contributed by atoms with van der Waals surface area (Å²) in [6, 6.07) is 3.16. The van der Waals surface area contributed by atoms with Crippen molar-refractivity contribution < 1.29 is 13.2 Å². The Hall–Kier alpha value is -1.37. The first-order valence-corrected chi connectivity index (χ1v) is 5.46. The predicted molar refractivity (Wildman–Crippen MR) is 61.8 cm³/mol. The quantitative estimate of drug-likeness (QED) is 0.924. The van der Waals surface area contributed by atoms with Gasteiger partial charge in [0.25, 0.3) is 0 Å². The molecule has 0 unspecified atom stereocenters. The second-order valence-corrected chi connectivity index (χ2v) is 4.26. The number of hydrogen-bond donors (Lipinski definition) is 1. The number of pyridine rings is 2. The third-order valence-electron chi connectivity index (χ3n) is 2.02. The van der Waals surface area contributed by atoms with Crippen LogP contribution in [0.25, 0.3) is 11.0 Å². The van der Waals surface area contributed by atoms with Gasteiger partial charge in [-0.3, -0.25) is 9.97 Å². The molecule has 2 rings (SSSR count). The highest BCUT2D eigenvalue weighted by molar-refractivity contribution is 9.10. The van der Waals surface area contributed by atoms with Crippen molar-refractivity contribution in [2.24, 2.45) is 0 Å². The molecular weight excluding hydrogens is 299 g/mol. The fourth-order valence-electron chi connectivity index (χ4n) is 1.34. The van der Waals surface area contributed by atoms with Gasteiger partial charge in [-0.15, -0.1) is 0 Å². The number of alkyl halides is 3. The first kappa shape index (κ1) is 12.1.